The fourth-order valence-electron chi connectivity index (χ4n) is 6.49. The van der Waals surface area contributed by atoms with Crippen molar-refractivity contribution in [3.05, 3.63) is 59.4 Å². The number of anilines is 1. The monoisotopic (exact) mass is 575 g/mol. The third-order valence-electron chi connectivity index (χ3n) is 8.74. The van der Waals surface area contributed by atoms with Crippen LogP contribution in [0.2, 0.25) is 0 Å². The van der Waals surface area contributed by atoms with Crippen molar-refractivity contribution in [1.29, 1.82) is 0 Å². The summed E-state index contributed by atoms with van der Waals surface area (Å²) in [6.07, 6.45) is 6.31. The SMILES string of the molecule is CCN1CCc2nccc(OC3CC4(C3)CN(c3ncnnc3Oc3ccc(F)cc3C(=O)N(CC)C(C)C)C4)c2C1. The van der Waals surface area contributed by atoms with Gasteiger partial charge >= 0.3 is 0 Å². The van der Waals surface area contributed by atoms with Crippen LogP contribution in [0.25, 0.3) is 0 Å². The molecule has 1 saturated carbocycles. The number of amides is 1. The highest BCUT2D eigenvalue weighted by atomic mass is 19.1. The Balaban J connectivity index is 1.12. The molecule has 2 fully saturated rings. The van der Waals surface area contributed by atoms with Gasteiger partial charge in [-0.3, -0.25) is 14.7 Å². The first-order valence-electron chi connectivity index (χ1n) is 14.9. The summed E-state index contributed by atoms with van der Waals surface area (Å²) in [5.74, 6) is 1.12. The van der Waals surface area contributed by atoms with Crippen molar-refractivity contribution >= 4 is 11.7 Å². The smallest absolute Gasteiger partial charge is 0.282 e. The lowest BCUT2D eigenvalue weighted by molar-refractivity contribution is -0.0353. The maximum absolute atomic E-state index is 14.2. The molecule has 4 heterocycles. The number of ether oxygens (including phenoxy) is 2. The average Bonchev–Trinajstić information content (AvgIpc) is 2.95. The molecule has 0 N–H and O–H groups in total. The minimum atomic E-state index is -0.510. The number of fused-ring (bicyclic) bond motifs is 1. The second-order valence-electron chi connectivity index (χ2n) is 11.9. The van der Waals surface area contributed by atoms with E-state index in [0.717, 1.165) is 63.4 Å². The second kappa shape index (κ2) is 11.4. The van der Waals surface area contributed by atoms with Crippen molar-refractivity contribution in [2.24, 2.45) is 5.41 Å². The van der Waals surface area contributed by atoms with Crippen molar-refractivity contribution in [3.63, 3.8) is 0 Å². The van der Waals surface area contributed by atoms with Crippen LogP contribution in [-0.2, 0) is 13.0 Å². The van der Waals surface area contributed by atoms with Crippen LogP contribution in [0.4, 0.5) is 10.2 Å². The maximum atomic E-state index is 14.2. The Hall–Kier alpha value is -3.86. The number of likely N-dealkylation sites (N-methyl/N-ethyl adjacent to an activating group) is 1. The molecule has 2 aromatic heterocycles. The summed E-state index contributed by atoms with van der Waals surface area (Å²) in [7, 11) is 0. The summed E-state index contributed by atoms with van der Waals surface area (Å²) in [6, 6.07) is 5.89. The van der Waals surface area contributed by atoms with Crippen molar-refractivity contribution in [2.45, 2.75) is 65.6 Å². The zero-order valence-electron chi connectivity index (χ0n) is 24.7. The summed E-state index contributed by atoms with van der Waals surface area (Å²) >= 11 is 0. The van der Waals surface area contributed by atoms with E-state index in [2.05, 4.69) is 36.9 Å². The Morgan fingerprint density at radius 3 is 2.71 bits per heavy atom. The summed E-state index contributed by atoms with van der Waals surface area (Å²) in [5, 5.41) is 8.11. The van der Waals surface area contributed by atoms with Gasteiger partial charge in [0.25, 0.3) is 11.8 Å². The van der Waals surface area contributed by atoms with Gasteiger partial charge in [0.15, 0.2) is 5.82 Å². The number of carbonyl (C=O) groups is 1. The molecule has 6 rings (SSSR count). The molecule has 1 saturated heterocycles. The quantitative estimate of drug-likeness (QED) is 0.366. The van der Waals surface area contributed by atoms with Crippen LogP contribution in [0.1, 0.15) is 62.2 Å². The van der Waals surface area contributed by atoms with E-state index in [-0.39, 0.29) is 40.7 Å². The Morgan fingerprint density at radius 1 is 1.17 bits per heavy atom. The van der Waals surface area contributed by atoms with Crippen LogP contribution in [0.3, 0.4) is 0 Å². The standard InChI is InChI=1S/C31H38FN7O3/c1-5-37-12-10-25-24(16-37)27(9-11-33-25)41-22-14-31(15-22)17-38(18-31)28-29(36-35-19-34-28)42-26-8-7-21(32)13-23(26)30(40)39(6-2)20(3)4/h7-9,11,13,19-20,22H,5-6,10,12,14-18H2,1-4H3. The molecule has 0 unspecified atom stereocenters. The number of carbonyl (C=O) groups excluding carboxylic acids is 1. The highest BCUT2D eigenvalue weighted by Gasteiger charge is 2.54. The summed E-state index contributed by atoms with van der Waals surface area (Å²) in [4.78, 5) is 28.5. The molecule has 222 valence electrons. The molecule has 42 heavy (non-hydrogen) atoms. The average molecular weight is 576 g/mol. The van der Waals surface area contributed by atoms with Crippen LogP contribution < -0.4 is 14.4 Å². The van der Waals surface area contributed by atoms with Crippen molar-refractivity contribution in [2.75, 3.05) is 37.6 Å². The topological polar surface area (TPSA) is 96.8 Å². The number of rotatable bonds is 9. The second-order valence-corrected chi connectivity index (χ2v) is 11.9. The van der Waals surface area contributed by atoms with Gasteiger partial charge in [0, 0.05) is 68.1 Å². The van der Waals surface area contributed by atoms with Gasteiger partial charge in [0.1, 0.15) is 29.7 Å². The zero-order chi connectivity index (χ0) is 29.4. The molecule has 2 aliphatic heterocycles. The molecule has 3 aromatic rings. The van der Waals surface area contributed by atoms with Crippen LogP contribution in [0.15, 0.2) is 36.8 Å². The lowest BCUT2D eigenvalue weighted by Crippen LogP contribution is -2.65. The number of pyridine rings is 1. The summed E-state index contributed by atoms with van der Waals surface area (Å²) in [6.45, 7) is 13.0. The van der Waals surface area contributed by atoms with Gasteiger partial charge in [-0.1, -0.05) is 6.92 Å². The van der Waals surface area contributed by atoms with E-state index in [1.165, 1.54) is 30.1 Å². The van der Waals surface area contributed by atoms with Crippen molar-refractivity contribution in [1.82, 2.24) is 30.0 Å². The highest BCUT2D eigenvalue weighted by molar-refractivity contribution is 5.97. The molecule has 0 atom stereocenters. The first kappa shape index (κ1) is 28.3. The first-order chi connectivity index (χ1) is 20.3. The molecular weight excluding hydrogens is 537 g/mol. The third kappa shape index (κ3) is 5.37. The molecule has 1 spiro atoms. The molecule has 1 aromatic carbocycles. The largest absolute Gasteiger partial charge is 0.490 e. The maximum Gasteiger partial charge on any atom is 0.282 e. The minimum Gasteiger partial charge on any atom is -0.490 e. The molecule has 11 heteroatoms. The number of halogens is 1. The van der Waals surface area contributed by atoms with E-state index < -0.39 is 5.82 Å². The first-order valence-corrected chi connectivity index (χ1v) is 14.9. The summed E-state index contributed by atoms with van der Waals surface area (Å²) < 4.78 is 26.8. The molecule has 1 aliphatic carbocycles. The van der Waals surface area contributed by atoms with Crippen LogP contribution in [0.5, 0.6) is 17.4 Å². The molecule has 1 amide bonds. The predicted octanol–water partition coefficient (Wildman–Crippen LogP) is 4.49. The predicted molar refractivity (Wildman–Crippen MR) is 155 cm³/mol. The molecule has 0 radical (unpaired) electrons. The van der Waals surface area contributed by atoms with Crippen LogP contribution >= 0.6 is 0 Å². The van der Waals surface area contributed by atoms with Crippen LogP contribution in [0, 0.1) is 11.2 Å². The normalized spacial score (nSPS) is 17.9. The molecule has 3 aliphatic rings. The number of aromatic nitrogens is 4. The Kier molecular flexibility index (Phi) is 7.69. The van der Waals surface area contributed by atoms with Crippen molar-refractivity contribution in [3.8, 4) is 17.4 Å². The Bertz CT molecular complexity index is 1450. The van der Waals surface area contributed by atoms with E-state index in [1.54, 1.807) is 4.90 Å². The fourth-order valence-corrected chi connectivity index (χ4v) is 6.49. The number of nitrogens with zero attached hydrogens (tertiary/aromatic N) is 7. The lowest BCUT2D eigenvalue weighted by atomic mass is 9.61. The van der Waals surface area contributed by atoms with Gasteiger partial charge in [0.2, 0.25) is 0 Å². The van der Waals surface area contributed by atoms with Gasteiger partial charge in [-0.15, -0.1) is 10.2 Å². The highest BCUT2D eigenvalue weighted by Crippen LogP contribution is 2.52. The van der Waals surface area contributed by atoms with E-state index in [0.29, 0.717) is 12.4 Å². The van der Waals surface area contributed by atoms with E-state index in [4.69, 9.17) is 9.47 Å². The molecule has 10 nitrogen and oxygen atoms in total. The fraction of sp³-hybridized carbons (Fsp3) is 0.516. The van der Waals surface area contributed by atoms with Gasteiger partial charge in [-0.25, -0.2) is 9.37 Å². The van der Waals surface area contributed by atoms with E-state index in [9.17, 15) is 9.18 Å². The van der Waals surface area contributed by atoms with E-state index >= 15 is 0 Å². The van der Waals surface area contributed by atoms with Crippen LogP contribution in [-0.4, -0.2) is 80.7 Å². The number of hydrogen-bond acceptors (Lipinski definition) is 9. The van der Waals surface area contributed by atoms with Gasteiger partial charge in [-0.05, 0) is 64.4 Å². The Morgan fingerprint density at radius 2 is 1.98 bits per heavy atom. The van der Waals surface area contributed by atoms with Crippen molar-refractivity contribution < 1.29 is 18.7 Å². The minimum absolute atomic E-state index is 0.0464. The van der Waals surface area contributed by atoms with Gasteiger partial charge in [-0.2, -0.15) is 0 Å². The van der Waals surface area contributed by atoms with Gasteiger partial charge in [0.05, 0.1) is 5.56 Å². The van der Waals surface area contributed by atoms with Gasteiger partial charge < -0.3 is 19.3 Å². The zero-order valence-corrected chi connectivity index (χ0v) is 24.7. The summed E-state index contributed by atoms with van der Waals surface area (Å²) in [5.41, 5.74) is 2.68. The number of hydrogen-bond donors (Lipinski definition) is 0. The number of benzene rings is 1. The molecule has 0 bridgehead atoms. The van der Waals surface area contributed by atoms with E-state index in [1.807, 2.05) is 33.0 Å². The molecular formula is C31H38FN7O3. The lowest BCUT2D eigenvalue weighted by Gasteiger charge is -2.58. The third-order valence-corrected chi connectivity index (χ3v) is 8.74. The Labute approximate surface area is 245 Å².